The van der Waals surface area contributed by atoms with E-state index in [0.717, 1.165) is 0 Å². The summed E-state index contributed by atoms with van der Waals surface area (Å²) in [5.74, 6) is 0.142. The molecule has 0 fully saturated rings. The van der Waals surface area contributed by atoms with Gasteiger partial charge in [0.05, 0.1) is 29.4 Å². The van der Waals surface area contributed by atoms with Crippen LogP contribution in [-0.4, -0.2) is 7.11 Å². The van der Waals surface area contributed by atoms with Gasteiger partial charge < -0.3 is 4.74 Å². The van der Waals surface area contributed by atoms with Crippen molar-refractivity contribution < 1.29 is 57.4 Å². The molecule has 2 atom stereocenters. The van der Waals surface area contributed by atoms with E-state index in [2.05, 4.69) is 0 Å². The number of benzene rings is 4. The van der Waals surface area contributed by atoms with E-state index in [4.69, 9.17) is 4.74 Å². The lowest BCUT2D eigenvalue weighted by Crippen LogP contribution is -2.19. The van der Waals surface area contributed by atoms with Gasteiger partial charge in [0.15, 0.2) is 0 Å². The zero-order valence-electron chi connectivity index (χ0n) is 22.9. The Labute approximate surface area is 252 Å². The van der Waals surface area contributed by atoms with E-state index < -0.39 is 64.1 Å². The van der Waals surface area contributed by atoms with E-state index in [0.29, 0.717) is 35.4 Å². The second-order valence-electron chi connectivity index (χ2n) is 9.72. The molecule has 2 unspecified atom stereocenters. The van der Waals surface area contributed by atoms with Crippen LogP contribution in [0.5, 0.6) is 5.75 Å². The predicted octanol–water partition coefficient (Wildman–Crippen LogP) is 9.00. The third kappa shape index (κ3) is 8.11. The molecule has 0 spiro atoms. The lowest BCUT2D eigenvalue weighted by Gasteiger charge is -2.21. The molecule has 0 saturated heterocycles. The lowest BCUT2D eigenvalue weighted by molar-refractivity contribution is -0.144. The van der Waals surface area contributed by atoms with Crippen molar-refractivity contribution in [2.45, 2.75) is 31.6 Å². The van der Waals surface area contributed by atoms with Crippen molar-refractivity contribution in [2.75, 3.05) is 7.11 Å². The number of hydrogen-bond acceptors (Lipinski definition) is 1. The highest BCUT2D eigenvalue weighted by Gasteiger charge is 2.38. The van der Waals surface area contributed by atoms with Gasteiger partial charge in [0.1, 0.15) is 5.75 Å². The molecule has 0 amide bonds. The third-order valence-electron chi connectivity index (χ3n) is 6.50. The van der Waals surface area contributed by atoms with Crippen molar-refractivity contribution in [3.05, 3.63) is 101 Å². The van der Waals surface area contributed by atoms with Crippen LogP contribution in [0.4, 0.5) is 52.7 Å². The quantitative estimate of drug-likeness (QED) is 0.145. The van der Waals surface area contributed by atoms with Crippen molar-refractivity contribution in [3.63, 3.8) is 0 Å². The largest absolute Gasteiger partial charge is 0.496 e. The Hall–Kier alpha value is -3.30. The number of alkyl halides is 12. The molecular formula is C30H20F12OP2. The van der Waals surface area contributed by atoms with Crippen molar-refractivity contribution in [3.8, 4) is 16.9 Å². The number of methoxy groups -OCH3 is 1. The zero-order valence-corrected chi connectivity index (χ0v) is 24.9. The van der Waals surface area contributed by atoms with Gasteiger partial charge >= 0.3 is 24.7 Å². The molecule has 0 aliphatic heterocycles. The Bertz CT molecular complexity index is 1640. The molecular weight excluding hydrogens is 666 g/mol. The van der Waals surface area contributed by atoms with Gasteiger partial charge in [-0.2, -0.15) is 52.7 Å². The van der Waals surface area contributed by atoms with Crippen LogP contribution in [0.3, 0.4) is 0 Å². The first-order chi connectivity index (χ1) is 20.7. The summed E-state index contributed by atoms with van der Waals surface area (Å²) < 4.78 is 168. The summed E-state index contributed by atoms with van der Waals surface area (Å²) in [4.78, 5) is 0. The van der Waals surface area contributed by atoms with Crippen LogP contribution < -0.4 is 26.0 Å². The smallest absolute Gasteiger partial charge is 0.416 e. The molecule has 0 aliphatic carbocycles. The number of halogens is 12. The summed E-state index contributed by atoms with van der Waals surface area (Å²) in [6.07, 6.45) is -20.3. The molecule has 0 saturated carbocycles. The summed E-state index contributed by atoms with van der Waals surface area (Å²) in [5, 5.41) is -0.0901. The highest BCUT2D eigenvalue weighted by molar-refractivity contribution is 7.56. The monoisotopic (exact) mass is 686 g/mol. The van der Waals surface area contributed by atoms with Crippen LogP contribution in [-0.2, 0) is 24.7 Å². The summed E-state index contributed by atoms with van der Waals surface area (Å²) in [7, 11) is -0.276. The first kappa shape index (κ1) is 34.6. The van der Waals surface area contributed by atoms with Gasteiger partial charge in [-0.05, 0) is 81.7 Å². The fourth-order valence-corrected chi connectivity index (χ4v) is 7.24. The molecule has 15 heteroatoms. The van der Waals surface area contributed by atoms with Crippen molar-refractivity contribution in [2.24, 2.45) is 0 Å². The molecule has 0 N–H and O–H groups in total. The van der Waals surface area contributed by atoms with Crippen molar-refractivity contribution >= 4 is 38.4 Å². The molecule has 240 valence electrons. The van der Waals surface area contributed by atoms with E-state index in [1.54, 1.807) is 13.0 Å². The maximum Gasteiger partial charge on any atom is 0.416 e. The average Bonchev–Trinajstić information content (AvgIpc) is 2.91. The molecule has 4 aromatic rings. The van der Waals surface area contributed by atoms with E-state index in [-0.39, 0.29) is 44.7 Å². The van der Waals surface area contributed by atoms with E-state index in [1.165, 1.54) is 37.4 Å². The van der Waals surface area contributed by atoms with E-state index >= 15 is 0 Å². The molecule has 1 nitrogen and oxygen atoms in total. The molecule has 0 bridgehead atoms. The van der Waals surface area contributed by atoms with Crippen molar-refractivity contribution in [1.82, 2.24) is 0 Å². The Morgan fingerprint density at radius 3 is 1.20 bits per heavy atom. The van der Waals surface area contributed by atoms with Gasteiger partial charge in [-0.1, -0.05) is 47.5 Å². The van der Waals surface area contributed by atoms with Crippen LogP contribution in [0.25, 0.3) is 11.1 Å². The molecule has 4 rings (SSSR count). The first-order valence-corrected chi connectivity index (χ1v) is 14.6. The Morgan fingerprint density at radius 2 is 0.844 bits per heavy atom. The lowest BCUT2D eigenvalue weighted by atomic mass is 9.99. The fourth-order valence-electron chi connectivity index (χ4n) is 4.53. The predicted molar refractivity (Wildman–Crippen MR) is 151 cm³/mol. The van der Waals surface area contributed by atoms with E-state index in [9.17, 15) is 52.7 Å². The first-order valence-electron chi connectivity index (χ1n) is 12.6. The Balaban J connectivity index is 1.91. The van der Waals surface area contributed by atoms with Gasteiger partial charge in [0, 0.05) is 5.56 Å². The molecule has 45 heavy (non-hydrogen) atoms. The molecule has 4 aromatic carbocycles. The Morgan fingerprint density at radius 1 is 0.489 bits per heavy atom. The van der Waals surface area contributed by atoms with Crippen LogP contribution in [0, 0.1) is 6.92 Å². The maximum atomic E-state index is 13.5. The highest BCUT2D eigenvalue weighted by atomic mass is 31.1. The SMILES string of the molecule is COc1cccc(Pc2cc(C(F)(F)F)cc(C(F)(F)F)c2)c1-c1c(C)cccc1Pc1cc(C(F)(F)F)cc(C(F)(F)F)c1. The number of hydrogen-bond donors (Lipinski definition) is 0. The molecule has 0 radical (unpaired) electrons. The zero-order chi connectivity index (χ0) is 33.5. The van der Waals surface area contributed by atoms with Crippen molar-refractivity contribution in [1.29, 1.82) is 0 Å². The fraction of sp³-hybridized carbons (Fsp3) is 0.200. The summed E-state index contributed by atoms with van der Waals surface area (Å²) in [6, 6.07) is 11.4. The summed E-state index contributed by atoms with van der Waals surface area (Å²) in [5.41, 5.74) is -4.99. The second-order valence-corrected chi connectivity index (χ2v) is 12.5. The van der Waals surface area contributed by atoms with Gasteiger partial charge in [-0.3, -0.25) is 0 Å². The minimum absolute atomic E-state index is 0.00527. The van der Waals surface area contributed by atoms with Crippen LogP contribution >= 0.6 is 17.2 Å². The van der Waals surface area contributed by atoms with Gasteiger partial charge in [0.25, 0.3) is 0 Å². The molecule has 0 aliphatic rings. The van der Waals surface area contributed by atoms with E-state index in [1.807, 2.05) is 0 Å². The highest BCUT2D eigenvalue weighted by Crippen LogP contribution is 2.40. The standard InChI is InChI=1S/C30H20F12OP2/c1-15-5-3-7-23(44-20-11-16(27(31,32)33)9-17(12-20)28(34,35)36)25(15)26-22(43-2)6-4-8-24(26)45-21-13-18(29(37,38)39)10-19(14-21)30(40,41)42/h3-14,44-45H,1-2H3. The van der Waals surface area contributed by atoms with Gasteiger partial charge in [-0.25, -0.2) is 0 Å². The maximum absolute atomic E-state index is 13.5. The number of ether oxygens (including phenoxy) is 1. The summed E-state index contributed by atoms with van der Waals surface area (Å²) >= 11 is 0. The topological polar surface area (TPSA) is 9.23 Å². The molecule has 0 heterocycles. The van der Waals surface area contributed by atoms with Crippen LogP contribution in [0.2, 0.25) is 0 Å². The average molecular weight is 686 g/mol. The Kier molecular flexibility index (Phi) is 9.59. The number of rotatable bonds is 6. The second kappa shape index (κ2) is 12.5. The molecule has 0 aromatic heterocycles. The summed E-state index contributed by atoms with van der Waals surface area (Å²) in [6.45, 7) is 1.60. The normalized spacial score (nSPS) is 13.4. The van der Waals surface area contributed by atoms with Crippen LogP contribution in [0.1, 0.15) is 27.8 Å². The minimum Gasteiger partial charge on any atom is -0.496 e. The third-order valence-corrected chi connectivity index (χ3v) is 9.03. The van der Waals surface area contributed by atoms with Gasteiger partial charge in [0.2, 0.25) is 0 Å². The number of aryl methyl sites for hydroxylation is 1. The van der Waals surface area contributed by atoms with Crippen LogP contribution in [0.15, 0.2) is 72.8 Å². The van der Waals surface area contributed by atoms with Gasteiger partial charge in [-0.15, -0.1) is 0 Å². The minimum atomic E-state index is -5.08.